The molecule has 2 N–H and O–H groups in total. The maximum Gasteiger partial charge on any atom is 0.335 e. The van der Waals surface area contributed by atoms with E-state index >= 15 is 0 Å². The summed E-state index contributed by atoms with van der Waals surface area (Å²) in [6, 6.07) is 6.45. The summed E-state index contributed by atoms with van der Waals surface area (Å²) in [7, 11) is 0. The molecule has 1 spiro atoms. The molecule has 142 valence electrons. The molecule has 1 amide bonds. The molecule has 2 fully saturated rings. The maximum absolute atomic E-state index is 12.6. The molecule has 2 heterocycles. The second-order valence-corrected chi connectivity index (χ2v) is 7.58. The van der Waals surface area contributed by atoms with E-state index in [0.29, 0.717) is 12.0 Å². The van der Waals surface area contributed by atoms with Gasteiger partial charge >= 0.3 is 5.97 Å². The summed E-state index contributed by atoms with van der Waals surface area (Å²) in [4.78, 5) is 25.8. The van der Waals surface area contributed by atoms with E-state index in [1.807, 2.05) is 6.92 Å². The van der Waals surface area contributed by atoms with Crippen molar-refractivity contribution in [3.63, 3.8) is 0 Å². The minimum atomic E-state index is -0.943. The lowest BCUT2D eigenvalue weighted by atomic mass is 9.73. The van der Waals surface area contributed by atoms with Crippen molar-refractivity contribution in [2.75, 3.05) is 26.3 Å². The number of aromatic carboxylic acids is 1. The van der Waals surface area contributed by atoms with Crippen LogP contribution in [0.4, 0.5) is 0 Å². The van der Waals surface area contributed by atoms with Crippen LogP contribution in [-0.4, -0.2) is 54.2 Å². The van der Waals surface area contributed by atoms with E-state index in [2.05, 4.69) is 10.2 Å². The molecule has 0 aliphatic carbocycles. The largest absolute Gasteiger partial charge is 0.478 e. The van der Waals surface area contributed by atoms with Gasteiger partial charge in [-0.05, 0) is 62.3 Å². The van der Waals surface area contributed by atoms with Gasteiger partial charge < -0.3 is 15.2 Å². The fourth-order valence-corrected chi connectivity index (χ4v) is 4.06. The molecule has 2 saturated heterocycles. The number of rotatable bonds is 5. The van der Waals surface area contributed by atoms with E-state index < -0.39 is 5.97 Å². The maximum atomic E-state index is 12.6. The molecule has 0 saturated carbocycles. The Labute approximate surface area is 154 Å². The van der Waals surface area contributed by atoms with Gasteiger partial charge in [-0.15, -0.1) is 0 Å². The van der Waals surface area contributed by atoms with Crippen LogP contribution < -0.4 is 5.32 Å². The lowest BCUT2D eigenvalue weighted by Crippen LogP contribution is -2.53. The van der Waals surface area contributed by atoms with E-state index in [1.165, 1.54) is 6.42 Å². The molecule has 6 nitrogen and oxygen atoms in total. The molecular weight excluding hydrogens is 332 g/mol. The molecule has 0 aromatic heterocycles. The Morgan fingerprint density at radius 3 is 2.58 bits per heavy atom. The van der Waals surface area contributed by atoms with Gasteiger partial charge in [0.05, 0.1) is 11.6 Å². The summed E-state index contributed by atoms with van der Waals surface area (Å²) in [5.41, 5.74) is 1.47. The Hall–Kier alpha value is -1.92. The predicted octanol–water partition coefficient (Wildman–Crippen LogP) is 2.28. The highest BCUT2D eigenvalue weighted by molar-refractivity contribution is 5.87. The van der Waals surface area contributed by atoms with Crippen molar-refractivity contribution in [3.05, 3.63) is 35.4 Å². The second kappa shape index (κ2) is 8.18. The number of likely N-dealkylation sites (tertiary alicyclic amines) is 1. The van der Waals surface area contributed by atoms with E-state index in [4.69, 9.17) is 9.84 Å². The average molecular weight is 360 g/mol. The monoisotopic (exact) mass is 360 g/mol. The summed E-state index contributed by atoms with van der Waals surface area (Å²) < 4.78 is 5.52. The van der Waals surface area contributed by atoms with Crippen molar-refractivity contribution >= 4 is 11.9 Å². The lowest BCUT2D eigenvalue weighted by molar-refractivity contribution is -0.128. The Morgan fingerprint density at radius 1 is 1.23 bits per heavy atom. The van der Waals surface area contributed by atoms with Crippen LogP contribution in [0.25, 0.3) is 0 Å². The minimum Gasteiger partial charge on any atom is -0.478 e. The number of carboxylic acids is 1. The molecule has 2 aliphatic heterocycles. The zero-order chi connectivity index (χ0) is 18.6. The number of hydrogen-bond acceptors (Lipinski definition) is 4. The Bertz CT molecular complexity index is 632. The summed E-state index contributed by atoms with van der Waals surface area (Å²) in [6.07, 6.45) is 4.55. The molecule has 1 aromatic rings. The van der Waals surface area contributed by atoms with Gasteiger partial charge in [-0.3, -0.25) is 9.69 Å². The Morgan fingerprint density at radius 2 is 1.92 bits per heavy atom. The molecule has 26 heavy (non-hydrogen) atoms. The number of carbonyl (C=O) groups excluding carboxylic acids is 1. The fraction of sp³-hybridized carbons (Fsp3) is 0.600. The quantitative estimate of drug-likeness (QED) is 0.842. The third-order valence-corrected chi connectivity index (χ3v) is 5.84. The summed E-state index contributed by atoms with van der Waals surface area (Å²) in [5, 5.41) is 11.9. The topological polar surface area (TPSA) is 78.9 Å². The third kappa shape index (κ3) is 4.43. The number of hydrogen-bond donors (Lipinski definition) is 2. The number of ether oxygens (including phenoxy) is 1. The molecule has 0 bridgehead atoms. The molecule has 1 unspecified atom stereocenters. The number of carbonyl (C=O) groups is 2. The highest BCUT2D eigenvalue weighted by Crippen LogP contribution is 2.39. The van der Waals surface area contributed by atoms with Gasteiger partial charge in [0.15, 0.2) is 0 Å². The van der Waals surface area contributed by atoms with Crippen molar-refractivity contribution < 1.29 is 19.4 Å². The Balaban J connectivity index is 1.53. The van der Waals surface area contributed by atoms with Gasteiger partial charge in [0.1, 0.15) is 0 Å². The van der Waals surface area contributed by atoms with E-state index in [-0.39, 0.29) is 17.5 Å². The first kappa shape index (κ1) is 18.9. The van der Waals surface area contributed by atoms with E-state index in [9.17, 15) is 9.59 Å². The first-order valence-corrected chi connectivity index (χ1v) is 9.41. The van der Waals surface area contributed by atoms with Crippen molar-refractivity contribution in [2.45, 2.75) is 45.2 Å². The van der Waals surface area contributed by atoms with Crippen molar-refractivity contribution in [3.8, 4) is 0 Å². The van der Waals surface area contributed by atoms with Gasteiger partial charge in [0.2, 0.25) is 5.91 Å². The van der Waals surface area contributed by atoms with Gasteiger partial charge in [0, 0.05) is 26.3 Å². The normalized spacial score (nSPS) is 21.3. The van der Waals surface area contributed by atoms with Crippen LogP contribution in [0, 0.1) is 5.41 Å². The molecule has 2 aliphatic rings. The fourth-order valence-electron chi connectivity index (χ4n) is 4.06. The SMILES string of the molecule is CC(C(=O)NCc1ccc(C(=O)O)cc1)N1CCCC2(CCOCC2)C1. The predicted molar refractivity (Wildman–Crippen MR) is 98.0 cm³/mol. The molecular formula is C20H28N2O4. The highest BCUT2D eigenvalue weighted by atomic mass is 16.5. The van der Waals surface area contributed by atoms with Gasteiger partial charge in [-0.2, -0.15) is 0 Å². The number of carboxylic acid groups (broad SMARTS) is 1. The van der Waals surface area contributed by atoms with Crippen LogP contribution in [0.5, 0.6) is 0 Å². The first-order chi connectivity index (χ1) is 12.5. The van der Waals surface area contributed by atoms with E-state index in [1.54, 1.807) is 24.3 Å². The van der Waals surface area contributed by atoms with Crippen molar-refractivity contribution in [1.29, 1.82) is 0 Å². The van der Waals surface area contributed by atoms with Crippen LogP contribution >= 0.6 is 0 Å². The Kier molecular flexibility index (Phi) is 5.94. The van der Waals surface area contributed by atoms with Crippen LogP contribution in [0.15, 0.2) is 24.3 Å². The zero-order valence-corrected chi connectivity index (χ0v) is 15.4. The van der Waals surface area contributed by atoms with Crippen LogP contribution in [0.2, 0.25) is 0 Å². The van der Waals surface area contributed by atoms with Gasteiger partial charge in [0.25, 0.3) is 0 Å². The third-order valence-electron chi connectivity index (χ3n) is 5.84. The van der Waals surface area contributed by atoms with Gasteiger partial charge in [-0.25, -0.2) is 4.79 Å². The van der Waals surface area contributed by atoms with Crippen molar-refractivity contribution in [2.24, 2.45) is 5.41 Å². The van der Waals surface area contributed by atoms with Gasteiger partial charge in [-0.1, -0.05) is 12.1 Å². The standard InChI is InChI=1S/C20H28N2O4/c1-15(22-10-2-7-20(14-22)8-11-26-12-9-20)18(23)21-13-16-3-5-17(6-4-16)19(24)25/h3-6,15H,2,7-14H2,1H3,(H,21,23)(H,24,25). The van der Waals surface area contributed by atoms with Crippen LogP contribution in [0.3, 0.4) is 0 Å². The number of benzene rings is 1. The van der Waals surface area contributed by atoms with Crippen LogP contribution in [-0.2, 0) is 16.1 Å². The smallest absolute Gasteiger partial charge is 0.335 e. The second-order valence-electron chi connectivity index (χ2n) is 7.58. The average Bonchev–Trinajstić information content (AvgIpc) is 2.66. The first-order valence-electron chi connectivity index (χ1n) is 9.41. The number of nitrogens with zero attached hydrogens (tertiary/aromatic N) is 1. The summed E-state index contributed by atoms with van der Waals surface area (Å²) in [6.45, 7) is 5.99. The lowest BCUT2D eigenvalue weighted by Gasteiger charge is -2.46. The van der Waals surface area contributed by atoms with Crippen LogP contribution in [0.1, 0.15) is 48.5 Å². The van der Waals surface area contributed by atoms with Crippen molar-refractivity contribution in [1.82, 2.24) is 10.2 Å². The number of nitrogens with one attached hydrogen (secondary N) is 1. The molecule has 1 aromatic carbocycles. The number of amides is 1. The highest BCUT2D eigenvalue weighted by Gasteiger charge is 2.39. The van der Waals surface area contributed by atoms with E-state index in [0.717, 1.165) is 51.1 Å². The summed E-state index contributed by atoms with van der Waals surface area (Å²) >= 11 is 0. The molecule has 3 rings (SSSR count). The zero-order valence-electron chi connectivity index (χ0n) is 15.4. The minimum absolute atomic E-state index is 0.0245. The molecule has 1 atom stereocenters. The summed E-state index contributed by atoms with van der Waals surface area (Å²) in [5.74, 6) is -0.919. The molecule has 6 heteroatoms. The molecule has 0 radical (unpaired) electrons. The number of piperidine rings is 1.